The molecule has 0 heterocycles. The van der Waals surface area contributed by atoms with Crippen LogP contribution in [0, 0.1) is 11.8 Å². The third kappa shape index (κ3) is 4.58. The van der Waals surface area contributed by atoms with Gasteiger partial charge in [-0.05, 0) is 5.92 Å². The maximum absolute atomic E-state index is 10.9. The fourth-order valence-electron chi connectivity index (χ4n) is 1.39. The molecular weight excluding hydrogens is 184 g/mol. The molecule has 14 heavy (non-hydrogen) atoms. The molecule has 4 heteroatoms. The molecule has 3 unspecified atom stereocenters. The van der Waals surface area contributed by atoms with Gasteiger partial charge >= 0.3 is 5.97 Å². The van der Waals surface area contributed by atoms with E-state index in [9.17, 15) is 9.90 Å². The molecule has 0 fully saturated rings. The van der Waals surface area contributed by atoms with Gasteiger partial charge in [-0.25, -0.2) is 0 Å². The number of rotatable bonds is 6. The van der Waals surface area contributed by atoms with E-state index >= 15 is 0 Å². The molecule has 0 saturated carbocycles. The average molecular weight is 204 g/mol. The zero-order valence-corrected chi connectivity index (χ0v) is 9.32. The van der Waals surface area contributed by atoms with Crippen LogP contribution in [-0.4, -0.2) is 38.0 Å². The molecule has 0 saturated heterocycles. The van der Waals surface area contributed by atoms with Gasteiger partial charge in [0.1, 0.15) is 0 Å². The molecule has 0 bridgehead atoms. The molecule has 0 aromatic carbocycles. The third-order valence-electron chi connectivity index (χ3n) is 2.31. The molecule has 0 aromatic heterocycles. The largest absolute Gasteiger partial charge is 0.469 e. The van der Waals surface area contributed by atoms with Crippen LogP contribution in [0.3, 0.4) is 0 Å². The van der Waals surface area contributed by atoms with Gasteiger partial charge in [-0.1, -0.05) is 13.8 Å². The van der Waals surface area contributed by atoms with Crippen molar-refractivity contribution in [1.29, 1.82) is 0 Å². The minimum absolute atomic E-state index is 0.0275. The van der Waals surface area contributed by atoms with Gasteiger partial charge in [-0.3, -0.25) is 4.79 Å². The smallest absolute Gasteiger partial charge is 0.305 e. The van der Waals surface area contributed by atoms with Crippen molar-refractivity contribution < 1.29 is 19.4 Å². The first-order chi connectivity index (χ1) is 6.52. The monoisotopic (exact) mass is 204 g/mol. The minimum atomic E-state index is -0.533. The summed E-state index contributed by atoms with van der Waals surface area (Å²) in [7, 11) is 2.94. The number of hydrogen-bond acceptors (Lipinski definition) is 4. The summed E-state index contributed by atoms with van der Waals surface area (Å²) in [6.07, 6.45) is -0.292. The number of aliphatic hydroxyl groups excluding tert-OH is 1. The summed E-state index contributed by atoms with van der Waals surface area (Å²) < 4.78 is 9.46. The zero-order chi connectivity index (χ0) is 11.1. The van der Waals surface area contributed by atoms with Gasteiger partial charge in [-0.2, -0.15) is 0 Å². The fraction of sp³-hybridized carbons (Fsp3) is 0.900. The Bertz CT molecular complexity index is 170. The molecule has 0 aliphatic rings. The quantitative estimate of drug-likeness (QED) is 0.651. The molecule has 0 aliphatic heterocycles. The molecule has 0 spiro atoms. The van der Waals surface area contributed by atoms with E-state index in [2.05, 4.69) is 4.74 Å². The number of esters is 1. The van der Waals surface area contributed by atoms with Crippen LogP contribution in [-0.2, 0) is 14.3 Å². The van der Waals surface area contributed by atoms with Crippen molar-refractivity contribution in [2.75, 3.05) is 20.8 Å². The Kier molecular flexibility index (Phi) is 6.49. The molecule has 4 nitrogen and oxygen atoms in total. The van der Waals surface area contributed by atoms with Crippen LogP contribution in [0.5, 0.6) is 0 Å². The number of carbonyl (C=O) groups is 1. The van der Waals surface area contributed by atoms with E-state index < -0.39 is 6.10 Å². The highest BCUT2D eigenvalue weighted by Crippen LogP contribution is 2.16. The second-order valence-electron chi connectivity index (χ2n) is 3.68. The van der Waals surface area contributed by atoms with Crippen molar-refractivity contribution in [3.05, 3.63) is 0 Å². The van der Waals surface area contributed by atoms with Gasteiger partial charge in [0.15, 0.2) is 0 Å². The average Bonchev–Trinajstić information content (AvgIpc) is 2.16. The van der Waals surface area contributed by atoms with Gasteiger partial charge in [0.25, 0.3) is 0 Å². The molecule has 3 atom stereocenters. The van der Waals surface area contributed by atoms with Crippen LogP contribution in [0.2, 0.25) is 0 Å². The van der Waals surface area contributed by atoms with Crippen LogP contribution in [0.4, 0.5) is 0 Å². The van der Waals surface area contributed by atoms with Crippen LogP contribution in [0.1, 0.15) is 20.3 Å². The normalized spacial score (nSPS) is 17.2. The Labute approximate surface area is 85.2 Å². The van der Waals surface area contributed by atoms with Crippen molar-refractivity contribution in [2.45, 2.75) is 26.4 Å². The molecule has 0 amide bonds. The number of aliphatic hydroxyl groups is 1. The SMILES string of the molecule is COCC(C)C(O)C(C)CC(=O)OC. The first kappa shape index (κ1) is 13.4. The summed E-state index contributed by atoms with van der Waals surface area (Å²) in [6.45, 7) is 4.21. The van der Waals surface area contributed by atoms with E-state index in [-0.39, 0.29) is 24.2 Å². The van der Waals surface area contributed by atoms with Crippen LogP contribution < -0.4 is 0 Å². The highest BCUT2D eigenvalue weighted by molar-refractivity contribution is 5.69. The Morgan fingerprint density at radius 3 is 2.29 bits per heavy atom. The van der Waals surface area contributed by atoms with Crippen molar-refractivity contribution in [2.24, 2.45) is 11.8 Å². The summed E-state index contributed by atoms with van der Waals surface area (Å²) in [6, 6.07) is 0. The Morgan fingerprint density at radius 1 is 1.29 bits per heavy atom. The molecule has 0 radical (unpaired) electrons. The van der Waals surface area contributed by atoms with Gasteiger partial charge in [0, 0.05) is 13.0 Å². The Morgan fingerprint density at radius 2 is 1.86 bits per heavy atom. The van der Waals surface area contributed by atoms with Gasteiger partial charge in [0.05, 0.1) is 26.2 Å². The molecule has 0 aliphatic carbocycles. The van der Waals surface area contributed by atoms with Crippen molar-refractivity contribution in [3.63, 3.8) is 0 Å². The lowest BCUT2D eigenvalue weighted by Crippen LogP contribution is -2.30. The number of methoxy groups -OCH3 is 2. The summed E-state index contributed by atoms with van der Waals surface area (Å²) in [5.74, 6) is -0.367. The van der Waals surface area contributed by atoms with Gasteiger partial charge < -0.3 is 14.6 Å². The van der Waals surface area contributed by atoms with Gasteiger partial charge in [0.2, 0.25) is 0 Å². The molecule has 0 aromatic rings. The van der Waals surface area contributed by atoms with Crippen LogP contribution >= 0.6 is 0 Å². The van der Waals surface area contributed by atoms with Crippen molar-refractivity contribution >= 4 is 5.97 Å². The van der Waals surface area contributed by atoms with Crippen molar-refractivity contribution in [1.82, 2.24) is 0 Å². The van der Waals surface area contributed by atoms with E-state index in [0.717, 1.165) is 0 Å². The summed E-state index contributed by atoms with van der Waals surface area (Å²) in [4.78, 5) is 10.9. The number of hydrogen-bond donors (Lipinski definition) is 1. The maximum atomic E-state index is 10.9. The summed E-state index contributed by atoms with van der Waals surface area (Å²) in [5.41, 5.74) is 0. The Hall–Kier alpha value is -0.610. The first-order valence-corrected chi connectivity index (χ1v) is 4.76. The predicted octanol–water partition coefficient (Wildman–Crippen LogP) is 0.829. The van der Waals surface area contributed by atoms with Gasteiger partial charge in [-0.15, -0.1) is 0 Å². The number of ether oxygens (including phenoxy) is 2. The maximum Gasteiger partial charge on any atom is 0.305 e. The van der Waals surface area contributed by atoms with Crippen molar-refractivity contribution in [3.8, 4) is 0 Å². The zero-order valence-electron chi connectivity index (χ0n) is 9.32. The van der Waals surface area contributed by atoms with E-state index in [4.69, 9.17) is 4.74 Å². The Balaban J connectivity index is 3.97. The molecule has 1 N–H and O–H groups in total. The highest BCUT2D eigenvalue weighted by atomic mass is 16.5. The molecule has 0 rings (SSSR count). The summed E-state index contributed by atoms with van der Waals surface area (Å²) in [5, 5.41) is 9.77. The standard InChI is InChI=1S/C10H20O4/c1-7(5-9(11)14-4)10(12)8(2)6-13-3/h7-8,10,12H,5-6H2,1-4H3. The minimum Gasteiger partial charge on any atom is -0.469 e. The lowest BCUT2D eigenvalue weighted by molar-refractivity contribution is -0.143. The van der Waals surface area contributed by atoms with Crippen LogP contribution in [0.25, 0.3) is 0 Å². The second kappa shape index (κ2) is 6.79. The highest BCUT2D eigenvalue weighted by Gasteiger charge is 2.23. The number of carbonyl (C=O) groups excluding carboxylic acids is 1. The molecular formula is C10H20O4. The van der Waals surface area contributed by atoms with E-state index in [1.807, 2.05) is 13.8 Å². The van der Waals surface area contributed by atoms with Crippen LogP contribution in [0.15, 0.2) is 0 Å². The van der Waals surface area contributed by atoms with E-state index in [0.29, 0.717) is 6.61 Å². The van der Waals surface area contributed by atoms with E-state index in [1.165, 1.54) is 7.11 Å². The lowest BCUT2D eigenvalue weighted by atomic mass is 9.91. The second-order valence-corrected chi connectivity index (χ2v) is 3.68. The first-order valence-electron chi connectivity index (χ1n) is 4.76. The fourth-order valence-corrected chi connectivity index (χ4v) is 1.39. The topological polar surface area (TPSA) is 55.8 Å². The summed E-state index contributed by atoms with van der Waals surface area (Å²) >= 11 is 0. The molecule has 84 valence electrons. The predicted molar refractivity (Wildman–Crippen MR) is 52.8 cm³/mol. The van der Waals surface area contributed by atoms with E-state index in [1.54, 1.807) is 7.11 Å². The third-order valence-corrected chi connectivity index (χ3v) is 2.31. The lowest BCUT2D eigenvalue weighted by Gasteiger charge is -2.23.